The van der Waals surface area contributed by atoms with Gasteiger partial charge < -0.3 is 25.4 Å². The molecule has 2 fully saturated rings. The van der Waals surface area contributed by atoms with E-state index >= 15 is 0 Å². The standard InChI is InChI=1S/C23H29N7O3/c1-2-26-22(31)18-11-20(29-23(28-18)33-14-17-10-16(17)12-24)30-8-5-15(6-9-30)13-32-19-4-3-7-27-21(19)25/h3-4,7,11,15-17H,2,5-6,8-10,13-14H2,1H3,(H2,25,27)(H,26,31)/t16-,17+/m1/s1. The number of nitrogens with zero attached hydrogens (tertiary/aromatic N) is 5. The number of pyridine rings is 1. The van der Waals surface area contributed by atoms with E-state index in [0.29, 0.717) is 43.1 Å². The zero-order valence-corrected chi connectivity index (χ0v) is 18.7. The van der Waals surface area contributed by atoms with Crippen molar-refractivity contribution in [3.8, 4) is 17.8 Å². The number of amides is 1. The maximum Gasteiger partial charge on any atom is 0.319 e. The Morgan fingerprint density at radius 1 is 1.30 bits per heavy atom. The molecular formula is C23H29N7O3. The molecular weight excluding hydrogens is 422 g/mol. The molecule has 2 aliphatic rings. The Balaban J connectivity index is 1.38. The molecule has 174 valence electrons. The number of rotatable bonds is 9. The highest BCUT2D eigenvalue weighted by Crippen LogP contribution is 2.37. The van der Waals surface area contributed by atoms with Crippen molar-refractivity contribution in [1.29, 1.82) is 5.26 Å². The third-order valence-corrected chi connectivity index (χ3v) is 5.99. The Bertz CT molecular complexity index is 1020. The second kappa shape index (κ2) is 10.3. The summed E-state index contributed by atoms with van der Waals surface area (Å²) < 4.78 is 11.6. The number of nitrogens with two attached hydrogens (primary N) is 1. The van der Waals surface area contributed by atoms with Gasteiger partial charge in [0.25, 0.3) is 5.91 Å². The SMILES string of the molecule is CCNC(=O)c1cc(N2CCC(COc3cccnc3N)CC2)nc(OC[C@@H]2C[C@@H]2C#N)n1. The number of anilines is 2. The highest BCUT2D eigenvalue weighted by molar-refractivity contribution is 5.93. The minimum Gasteiger partial charge on any atom is -0.489 e. The number of piperidine rings is 1. The van der Waals surface area contributed by atoms with Crippen molar-refractivity contribution >= 4 is 17.5 Å². The minimum atomic E-state index is -0.260. The fraction of sp³-hybridized carbons (Fsp3) is 0.522. The lowest BCUT2D eigenvalue weighted by molar-refractivity contribution is 0.0949. The normalized spacial score (nSPS) is 20.1. The van der Waals surface area contributed by atoms with Crippen molar-refractivity contribution < 1.29 is 14.3 Å². The van der Waals surface area contributed by atoms with Gasteiger partial charge in [0, 0.05) is 37.8 Å². The van der Waals surface area contributed by atoms with E-state index < -0.39 is 0 Å². The number of nitrogen functional groups attached to an aromatic ring is 1. The van der Waals surface area contributed by atoms with E-state index in [4.69, 9.17) is 20.5 Å². The Hall–Kier alpha value is -3.61. The van der Waals surface area contributed by atoms with E-state index in [1.165, 1.54) is 0 Å². The molecule has 3 N–H and O–H groups in total. The van der Waals surface area contributed by atoms with Crippen molar-refractivity contribution in [1.82, 2.24) is 20.3 Å². The molecule has 0 unspecified atom stereocenters. The lowest BCUT2D eigenvalue weighted by atomic mass is 9.98. The van der Waals surface area contributed by atoms with Crippen LogP contribution in [0.15, 0.2) is 24.4 Å². The summed E-state index contributed by atoms with van der Waals surface area (Å²) in [5, 5.41) is 11.8. The van der Waals surface area contributed by atoms with Crippen LogP contribution in [-0.4, -0.2) is 53.7 Å². The molecule has 10 heteroatoms. The molecule has 2 atom stereocenters. The number of carbonyl (C=O) groups is 1. The molecule has 1 aliphatic heterocycles. The summed E-state index contributed by atoms with van der Waals surface area (Å²) in [6, 6.07) is 7.76. The summed E-state index contributed by atoms with van der Waals surface area (Å²) in [7, 11) is 0. The van der Waals surface area contributed by atoms with Gasteiger partial charge in [-0.25, -0.2) is 4.98 Å². The molecule has 3 heterocycles. The summed E-state index contributed by atoms with van der Waals surface area (Å²) in [4.78, 5) is 27.5. The van der Waals surface area contributed by atoms with Gasteiger partial charge in [-0.15, -0.1) is 0 Å². The van der Waals surface area contributed by atoms with Crippen LogP contribution in [0.25, 0.3) is 0 Å². The molecule has 33 heavy (non-hydrogen) atoms. The lowest BCUT2D eigenvalue weighted by Crippen LogP contribution is -2.36. The van der Waals surface area contributed by atoms with Crippen molar-refractivity contribution in [3.63, 3.8) is 0 Å². The van der Waals surface area contributed by atoms with Crippen LogP contribution in [0.1, 0.15) is 36.7 Å². The fourth-order valence-electron chi connectivity index (χ4n) is 3.84. The van der Waals surface area contributed by atoms with Gasteiger partial charge in [0.2, 0.25) is 0 Å². The lowest BCUT2D eigenvalue weighted by Gasteiger charge is -2.32. The highest BCUT2D eigenvalue weighted by Gasteiger charge is 2.38. The molecule has 1 aliphatic carbocycles. The molecule has 2 aromatic heterocycles. The van der Waals surface area contributed by atoms with E-state index in [1.807, 2.05) is 13.0 Å². The second-order valence-corrected chi connectivity index (χ2v) is 8.42. The number of carbonyl (C=O) groups excluding carboxylic acids is 1. The van der Waals surface area contributed by atoms with Gasteiger partial charge in [-0.2, -0.15) is 15.2 Å². The van der Waals surface area contributed by atoms with Crippen LogP contribution >= 0.6 is 0 Å². The van der Waals surface area contributed by atoms with E-state index in [1.54, 1.807) is 18.3 Å². The van der Waals surface area contributed by atoms with E-state index in [-0.39, 0.29) is 29.4 Å². The van der Waals surface area contributed by atoms with Crippen LogP contribution in [0, 0.1) is 29.1 Å². The zero-order valence-electron chi connectivity index (χ0n) is 18.7. The Morgan fingerprint density at radius 3 is 2.82 bits per heavy atom. The Morgan fingerprint density at radius 2 is 2.12 bits per heavy atom. The topological polar surface area (TPSA) is 139 Å². The van der Waals surface area contributed by atoms with Gasteiger partial charge in [0.15, 0.2) is 11.6 Å². The van der Waals surface area contributed by atoms with Gasteiger partial charge in [-0.1, -0.05) is 0 Å². The quantitative estimate of drug-likeness (QED) is 0.586. The van der Waals surface area contributed by atoms with Gasteiger partial charge in [-0.05, 0) is 44.2 Å². The van der Waals surface area contributed by atoms with Gasteiger partial charge in [0.1, 0.15) is 11.5 Å². The van der Waals surface area contributed by atoms with Crippen molar-refractivity contribution in [2.45, 2.75) is 26.2 Å². The maximum absolute atomic E-state index is 12.4. The highest BCUT2D eigenvalue weighted by atomic mass is 16.5. The predicted octanol–water partition coefficient (Wildman–Crippen LogP) is 2.04. The second-order valence-electron chi connectivity index (χ2n) is 8.42. The molecule has 1 amide bonds. The maximum atomic E-state index is 12.4. The van der Waals surface area contributed by atoms with Crippen LogP contribution in [0.4, 0.5) is 11.6 Å². The van der Waals surface area contributed by atoms with Crippen LogP contribution in [0.2, 0.25) is 0 Å². The van der Waals surface area contributed by atoms with E-state index in [9.17, 15) is 4.79 Å². The molecule has 2 aromatic rings. The molecule has 0 aromatic carbocycles. The molecule has 1 saturated heterocycles. The van der Waals surface area contributed by atoms with Gasteiger partial charge in [-0.3, -0.25) is 4.79 Å². The first-order valence-corrected chi connectivity index (χ1v) is 11.3. The molecule has 1 saturated carbocycles. The third-order valence-electron chi connectivity index (χ3n) is 5.99. The number of nitrogens with one attached hydrogen (secondary N) is 1. The first-order valence-electron chi connectivity index (χ1n) is 11.3. The fourth-order valence-corrected chi connectivity index (χ4v) is 3.84. The van der Waals surface area contributed by atoms with Gasteiger partial charge >= 0.3 is 6.01 Å². The summed E-state index contributed by atoms with van der Waals surface area (Å²) >= 11 is 0. The first kappa shape index (κ1) is 22.6. The number of hydrogen-bond acceptors (Lipinski definition) is 9. The molecule has 10 nitrogen and oxygen atoms in total. The third kappa shape index (κ3) is 5.80. The minimum absolute atomic E-state index is 0.0410. The van der Waals surface area contributed by atoms with Crippen LogP contribution in [-0.2, 0) is 0 Å². The monoisotopic (exact) mass is 451 g/mol. The average molecular weight is 452 g/mol. The molecule has 0 bridgehead atoms. The summed E-state index contributed by atoms with van der Waals surface area (Å²) in [5.41, 5.74) is 6.13. The van der Waals surface area contributed by atoms with Crippen molar-refractivity contribution in [2.24, 2.45) is 17.8 Å². The van der Waals surface area contributed by atoms with Crippen molar-refractivity contribution in [3.05, 3.63) is 30.1 Å². The summed E-state index contributed by atoms with van der Waals surface area (Å²) in [6.45, 7) is 4.88. The van der Waals surface area contributed by atoms with Crippen molar-refractivity contribution in [2.75, 3.05) is 43.5 Å². The van der Waals surface area contributed by atoms with Crippen LogP contribution < -0.4 is 25.4 Å². The first-order chi connectivity index (χ1) is 16.1. The summed E-state index contributed by atoms with van der Waals surface area (Å²) in [6.07, 6.45) is 4.31. The molecule has 4 rings (SSSR count). The number of ether oxygens (including phenoxy) is 2. The molecule has 0 spiro atoms. The van der Waals surface area contributed by atoms with E-state index in [2.05, 4.69) is 31.2 Å². The number of nitriles is 1. The summed E-state index contributed by atoms with van der Waals surface area (Å²) in [5.74, 6) is 2.06. The average Bonchev–Trinajstić information content (AvgIpc) is 3.61. The van der Waals surface area contributed by atoms with E-state index in [0.717, 1.165) is 32.4 Å². The molecule has 0 radical (unpaired) electrons. The smallest absolute Gasteiger partial charge is 0.319 e. The van der Waals surface area contributed by atoms with Gasteiger partial charge in [0.05, 0.1) is 25.2 Å². The van der Waals surface area contributed by atoms with Crippen LogP contribution in [0.3, 0.4) is 0 Å². The number of hydrogen-bond donors (Lipinski definition) is 2. The van der Waals surface area contributed by atoms with Crippen LogP contribution in [0.5, 0.6) is 11.8 Å². The largest absolute Gasteiger partial charge is 0.489 e. The predicted molar refractivity (Wildman–Crippen MR) is 122 cm³/mol. The Labute approximate surface area is 193 Å². The Kier molecular flexibility index (Phi) is 7.07. The zero-order chi connectivity index (χ0) is 23.2. The number of aromatic nitrogens is 3.